The molecule has 0 bridgehead atoms. The normalized spacial score (nSPS) is 12.1. The molecule has 3 aromatic carbocycles. The zero-order valence-electron chi connectivity index (χ0n) is 19.8. The zero-order valence-corrected chi connectivity index (χ0v) is 19.8. The summed E-state index contributed by atoms with van der Waals surface area (Å²) >= 11 is 0. The highest BCUT2D eigenvalue weighted by Gasteiger charge is 2.35. The van der Waals surface area contributed by atoms with E-state index in [2.05, 4.69) is 4.74 Å². The van der Waals surface area contributed by atoms with Crippen molar-refractivity contribution in [2.24, 2.45) is 0 Å². The van der Waals surface area contributed by atoms with Gasteiger partial charge in [-0.05, 0) is 48.4 Å². The highest BCUT2D eigenvalue weighted by atomic mass is 19.4. The van der Waals surface area contributed by atoms with E-state index in [-0.39, 0.29) is 43.1 Å². The van der Waals surface area contributed by atoms with E-state index in [1.54, 1.807) is 0 Å². The van der Waals surface area contributed by atoms with Crippen LogP contribution < -0.4 is 14.4 Å². The van der Waals surface area contributed by atoms with E-state index >= 15 is 0 Å². The Morgan fingerprint density at radius 1 is 0.744 bits per heavy atom. The maximum Gasteiger partial charge on any atom is 0.573 e. The van der Waals surface area contributed by atoms with E-state index in [1.807, 2.05) is 0 Å². The van der Waals surface area contributed by atoms with Gasteiger partial charge in [-0.2, -0.15) is 31.6 Å². The average molecular weight is 562 g/mol. The van der Waals surface area contributed by atoms with Crippen LogP contribution in [-0.4, -0.2) is 19.5 Å². The lowest BCUT2D eigenvalue weighted by molar-refractivity contribution is -0.274. The summed E-state index contributed by atoms with van der Waals surface area (Å²) in [7, 11) is 0. The molecule has 0 amide bonds. The maximum atomic E-state index is 13.5. The number of alkyl halides is 9. The molecule has 3 rings (SSSR count). The summed E-state index contributed by atoms with van der Waals surface area (Å²) in [6, 6.07) is 13.5. The van der Waals surface area contributed by atoms with Crippen molar-refractivity contribution in [1.29, 1.82) is 5.26 Å². The van der Waals surface area contributed by atoms with Crippen LogP contribution in [0.15, 0.2) is 66.7 Å². The summed E-state index contributed by atoms with van der Waals surface area (Å²) < 4.78 is 127. The van der Waals surface area contributed by atoms with Gasteiger partial charge >= 0.3 is 18.7 Å². The second-order valence-corrected chi connectivity index (χ2v) is 8.14. The van der Waals surface area contributed by atoms with Crippen LogP contribution in [0.1, 0.15) is 28.7 Å². The van der Waals surface area contributed by atoms with Gasteiger partial charge in [0.25, 0.3) is 0 Å². The third kappa shape index (κ3) is 8.46. The molecule has 0 heterocycles. The van der Waals surface area contributed by atoms with Gasteiger partial charge in [0, 0.05) is 24.8 Å². The molecule has 208 valence electrons. The number of nitriles is 1. The van der Waals surface area contributed by atoms with Crippen molar-refractivity contribution < 1.29 is 49.0 Å². The first-order valence-electron chi connectivity index (χ1n) is 11.2. The third-order valence-electron chi connectivity index (χ3n) is 5.36. The van der Waals surface area contributed by atoms with Crippen LogP contribution in [0.2, 0.25) is 0 Å². The number of nitrogens with zero attached hydrogens (tertiary/aromatic N) is 2. The Morgan fingerprint density at radius 2 is 1.41 bits per heavy atom. The van der Waals surface area contributed by atoms with E-state index in [9.17, 15) is 44.8 Å². The van der Waals surface area contributed by atoms with Gasteiger partial charge < -0.3 is 14.4 Å². The van der Waals surface area contributed by atoms with E-state index in [0.29, 0.717) is 6.07 Å². The lowest BCUT2D eigenvalue weighted by Gasteiger charge is -2.27. The topological polar surface area (TPSA) is 45.5 Å². The fraction of sp³-hybridized carbons (Fsp3) is 0.269. The molecule has 0 saturated carbocycles. The largest absolute Gasteiger partial charge is 0.573 e. The van der Waals surface area contributed by atoms with Crippen molar-refractivity contribution in [3.63, 3.8) is 0 Å². The molecule has 0 aliphatic carbocycles. The molecular weight excluding hydrogens is 543 g/mol. The Hall–Kier alpha value is -4.08. The molecule has 13 heteroatoms. The second-order valence-electron chi connectivity index (χ2n) is 8.14. The van der Waals surface area contributed by atoms with Crippen molar-refractivity contribution in [2.45, 2.75) is 31.7 Å². The summed E-state index contributed by atoms with van der Waals surface area (Å²) in [5.74, 6) is -0.480. The van der Waals surface area contributed by atoms with Gasteiger partial charge in [0.15, 0.2) is 0 Å². The van der Waals surface area contributed by atoms with Crippen LogP contribution >= 0.6 is 0 Å². The first-order valence-corrected chi connectivity index (χ1v) is 11.2. The van der Waals surface area contributed by atoms with Crippen LogP contribution in [0.4, 0.5) is 45.2 Å². The predicted molar refractivity (Wildman–Crippen MR) is 122 cm³/mol. The molecule has 0 atom stereocenters. The lowest BCUT2D eigenvalue weighted by atomic mass is 10.0. The number of hydrogen-bond donors (Lipinski definition) is 0. The van der Waals surface area contributed by atoms with E-state index in [4.69, 9.17) is 4.74 Å². The summed E-state index contributed by atoms with van der Waals surface area (Å²) in [5, 5.41) is 9.24. The minimum atomic E-state index is -4.91. The van der Waals surface area contributed by atoms with Crippen molar-refractivity contribution in [3.8, 4) is 17.6 Å². The average Bonchev–Trinajstić information content (AvgIpc) is 2.83. The number of anilines is 1. The molecule has 0 saturated heterocycles. The molecule has 0 unspecified atom stereocenters. The van der Waals surface area contributed by atoms with Gasteiger partial charge in [0.2, 0.25) is 0 Å². The SMILES string of the molecule is N#Cc1cc(N(CCCOc2cccc(OC(F)(F)F)c2)Cc2ccccc2C(F)(F)F)ccc1C(F)(F)F. The van der Waals surface area contributed by atoms with E-state index in [1.165, 1.54) is 41.3 Å². The summed E-state index contributed by atoms with van der Waals surface area (Å²) in [4.78, 5) is 1.36. The summed E-state index contributed by atoms with van der Waals surface area (Å²) in [6.07, 6.45) is -14.3. The van der Waals surface area contributed by atoms with Crippen molar-refractivity contribution in [3.05, 3.63) is 89.0 Å². The smallest absolute Gasteiger partial charge is 0.493 e. The van der Waals surface area contributed by atoms with Crippen LogP contribution in [0.3, 0.4) is 0 Å². The van der Waals surface area contributed by atoms with Gasteiger partial charge in [-0.25, -0.2) is 0 Å². The molecule has 0 radical (unpaired) electrons. The minimum Gasteiger partial charge on any atom is -0.493 e. The molecule has 0 aromatic heterocycles. The Labute approximate surface area is 216 Å². The molecule has 0 aliphatic rings. The van der Waals surface area contributed by atoms with Crippen LogP contribution in [-0.2, 0) is 18.9 Å². The Balaban J connectivity index is 1.82. The third-order valence-corrected chi connectivity index (χ3v) is 5.36. The number of hydrogen-bond acceptors (Lipinski definition) is 4. The molecule has 3 aromatic rings. The van der Waals surface area contributed by atoms with E-state index < -0.39 is 41.2 Å². The molecule has 0 fully saturated rings. The number of halogens is 9. The first-order chi connectivity index (χ1) is 18.2. The molecule has 4 nitrogen and oxygen atoms in total. The standard InChI is InChI=1S/C26H19F9N2O2/c27-24(28,29)22-8-2-1-5-17(22)16-37(19-9-10-23(25(30,31)32)18(13-19)15-36)11-4-12-38-20-6-3-7-21(14-20)39-26(33,34)35/h1-3,5-10,13-14H,4,11-12,16H2. The lowest BCUT2D eigenvalue weighted by Crippen LogP contribution is -2.27. The highest BCUT2D eigenvalue weighted by Crippen LogP contribution is 2.36. The van der Waals surface area contributed by atoms with Gasteiger partial charge in [-0.1, -0.05) is 24.3 Å². The van der Waals surface area contributed by atoms with Crippen molar-refractivity contribution in [2.75, 3.05) is 18.1 Å². The summed E-state index contributed by atoms with van der Waals surface area (Å²) in [5.41, 5.74) is -2.90. The monoisotopic (exact) mass is 562 g/mol. The maximum absolute atomic E-state index is 13.5. The van der Waals surface area contributed by atoms with Gasteiger partial charge in [-0.15, -0.1) is 13.2 Å². The molecule has 0 aliphatic heterocycles. The minimum absolute atomic E-state index is 0.0266. The number of benzene rings is 3. The van der Waals surface area contributed by atoms with Crippen LogP contribution in [0.5, 0.6) is 11.5 Å². The fourth-order valence-electron chi connectivity index (χ4n) is 3.71. The second kappa shape index (κ2) is 11.8. The molecule has 39 heavy (non-hydrogen) atoms. The number of ether oxygens (including phenoxy) is 2. The van der Waals surface area contributed by atoms with Crippen molar-refractivity contribution >= 4 is 5.69 Å². The fourth-order valence-corrected chi connectivity index (χ4v) is 3.71. The number of rotatable bonds is 9. The molecular formula is C26H19F9N2O2. The Kier molecular flexibility index (Phi) is 8.88. The van der Waals surface area contributed by atoms with Gasteiger partial charge in [0.05, 0.1) is 29.4 Å². The summed E-state index contributed by atoms with van der Waals surface area (Å²) in [6.45, 7) is -0.485. The Bertz CT molecular complexity index is 1310. The van der Waals surface area contributed by atoms with Crippen LogP contribution in [0, 0.1) is 11.3 Å². The van der Waals surface area contributed by atoms with Gasteiger partial charge in [0.1, 0.15) is 11.5 Å². The van der Waals surface area contributed by atoms with Gasteiger partial charge in [-0.3, -0.25) is 0 Å². The quantitative estimate of drug-likeness (QED) is 0.196. The van der Waals surface area contributed by atoms with Crippen LogP contribution in [0.25, 0.3) is 0 Å². The highest BCUT2D eigenvalue weighted by molar-refractivity contribution is 5.56. The van der Waals surface area contributed by atoms with E-state index in [0.717, 1.165) is 30.3 Å². The molecule has 0 spiro atoms. The zero-order chi connectivity index (χ0) is 28.8. The van der Waals surface area contributed by atoms with Crippen molar-refractivity contribution in [1.82, 2.24) is 0 Å². The Morgan fingerprint density at radius 3 is 2.05 bits per heavy atom. The first kappa shape index (κ1) is 29.5. The molecule has 0 N–H and O–H groups in total. The predicted octanol–water partition coefficient (Wildman–Crippen LogP) is 7.97.